The van der Waals surface area contributed by atoms with E-state index in [2.05, 4.69) is 17.4 Å². The molecule has 1 amide bonds. The van der Waals surface area contributed by atoms with E-state index >= 15 is 0 Å². The molecule has 0 aliphatic carbocycles. The van der Waals surface area contributed by atoms with Crippen molar-refractivity contribution in [2.75, 3.05) is 26.2 Å². The fourth-order valence-corrected chi connectivity index (χ4v) is 2.11. The number of nitrogens with one attached hydrogen (secondary N) is 1. The van der Waals surface area contributed by atoms with Crippen LogP contribution in [0.3, 0.4) is 0 Å². The van der Waals surface area contributed by atoms with Gasteiger partial charge in [0.25, 0.3) is 5.91 Å². The van der Waals surface area contributed by atoms with Gasteiger partial charge in [0.15, 0.2) is 0 Å². The average Bonchev–Trinajstić information content (AvgIpc) is 2.63. The van der Waals surface area contributed by atoms with E-state index in [4.69, 9.17) is 4.52 Å². The topological polar surface area (TPSA) is 58.4 Å². The first-order valence-electron chi connectivity index (χ1n) is 6.13. The van der Waals surface area contributed by atoms with Crippen molar-refractivity contribution in [2.24, 2.45) is 5.92 Å². The predicted molar refractivity (Wildman–Crippen MR) is 63.8 cm³/mol. The van der Waals surface area contributed by atoms with E-state index in [1.807, 2.05) is 4.90 Å². The van der Waals surface area contributed by atoms with Crippen LogP contribution in [0.5, 0.6) is 0 Å². The van der Waals surface area contributed by atoms with Crippen LogP contribution < -0.4 is 5.32 Å². The fraction of sp³-hybridized carbons (Fsp3) is 0.667. The number of hydrogen-bond acceptors (Lipinski definition) is 4. The van der Waals surface area contributed by atoms with Crippen molar-refractivity contribution < 1.29 is 9.32 Å². The van der Waals surface area contributed by atoms with Crippen LogP contribution in [0.15, 0.2) is 10.8 Å². The smallest absolute Gasteiger partial charge is 0.259 e. The summed E-state index contributed by atoms with van der Waals surface area (Å²) in [4.78, 5) is 14.2. The summed E-state index contributed by atoms with van der Waals surface area (Å²) >= 11 is 0. The molecule has 1 unspecified atom stereocenters. The molecular formula is C12H19N3O2. The van der Waals surface area contributed by atoms with Gasteiger partial charge in [0, 0.05) is 19.6 Å². The molecule has 0 aromatic carbocycles. The highest BCUT2D eigenvalue weighted by molar-refractivity contribution is 5.94. The maximum absolute atomic E-state index is 12.3. The minimum Gasteiger partial charge on any atom is -0.364 e. The van der Waals surface area contributed by atoms with Crippen LogP contribution in [0.4, 0.5) is 0 Å². The molecular weight excluding hydrogens is 218 g/mol. The first-order valence-corrected chi connectivity index (χ1v) is 6.13. The van der Waals surface area contributed by atoms with Crippen molar-refractivity contribution in [3.05, 3.63) is 17.5 Å². The molecule has 2 heterocycles. The summed E-state index contributed by atoms with van der Waals surface area (Å²) in [5.74, 6) is 0.563. The Morgan fingerprint density at radius 3 is 3.18 bits per heavy atom. The minimum atomic E-state index is 0.0332. The highest BCUT2D eigenvalue weighted by Gasteiger charge is 2.24. The van der Waals surface area contributed by atoms with Gasteiger partial charge in [0.2, 0.25) is 0 Å². The summed E-state index contributed by atoms with van der Waals surface area (Å²) in [6.07, 6.45) is 2.52. The van der Waals surface area contributed by atoms with Crippen LogP contribution in [0.25, 0.3) is 0 Å². The molecule has 17 heavy (non-hydrogen) atoms. The second-order valence-electron chi connectivity index (χ2n) is 4.54. The minimum absolute atomic E-state index is 0.0332. The lowest BCUT2D eigenvalue weighted by Crippen LogP contribution is -2.36. The van der Waals surface area contributed by atoms with E-state index in [1.54, 1.807) is 6.92 Å². The molecule has 5 heteroatoms. The molecule has 2 rings (SSSR count). The molecule has 0 spiro atoms. The number of carbonyl (C=O) groups excluding carboxylic acids is 1. The number of amides is 1. The van der Waals surface area contributed by atoms with Gasteiger partial charge in [-0.25, -0.2) is 0 Å². The second-order valence-corrected chi connectivity index (χ2v) is 4.54. The Morgan fingerprint density at radius 1 is 1.71 bits per heavy atom. The number of aryl methyl sites for hydroxylation is 1. The van der Waals surface area contributed by atoms with Crippen molar-refractivity contribution in [3.63, 3.8) is 0 Å². The van der Waals surface area contributed by atoms with Gasteiger partial charge in [-0.05, 0) is 19.4 Å². The van der Waals surface area contributed by atoms with Crippen molar-refractivity contribution in [2.45, 2.75) is 20.3 Å². The average molecular weight is 237 g/mol. The van der Waals surface area contributed by atoms with Crippen LogP contribution in [0.1, 0.15) is 29.4 Å². The molecule has 0 saturated carbocycles. The van der Waals surface area contributed by atoms with Gasteiger partial charge in [-0.2, -0.15) is 0 Å². The highest BCUT2D eigenvalue weighted by atomic mass is 16.5. The fourth-order valence-electron chi connectivity index (χ4n) is 2.11. The molecule has 1 N–H and O–H groups in total. The van der Waals surface area contributed by atoms with E-state index in [9.17, 15) is 4.79 Å². The molecule has 1 aromatic rings. The Bertz CT molecular complexity index is 389. The third-order valence-corrected chi connectivity index (χ3v) is 3.32. The van der Waals surface area contributed by atoms with Gasteiger partial charge in [-0.1, -0.05) is 18.5 Å². The van der Waals surface area contributed by atoms with Gasteiger partial charge in [-0.15, -0.1) is 0 Å². The summed E-state index contributed by atoms with van der Waals surface area (Å²) in [7, 11) is 0. The standard InChI is InChI=1S/C12H19N3O2/c1-3-10-6-13-4-5-15(7-10)12(16)11-8-17-14-9(11)2/h8,10,13H,3-7H2,1-2H3. The molecule has 94 valence electrons. The number of aromatic nitrogens is 1. The summed E-state index contributed by atoms with van der Waals surface area (Å²) in [6.45, 7) is 7.36. The molecule has 1 aliphatic heterocycles. The Kier molecular flexibility index (Phi) is 3.78. The zero-order chi connectivity index (χ0) is 12.3. The molecule has 0 radical (unpaired) electrons. The summed E-state index contributed by atoms with van der Waals surface area (Å²) < 4.78 is 4.83. The molecule has 1 atom stereocenters. The quantitative estimate of drug-likeness (QED) is 0.835. The van der Waals surface area contributed by atoms with Crippen molar-refractivity contribution in [1.29, 1.82) is 0 Å². The third-order valence-electron chi connectivity index (χ3n) is 3.32. The summed E-state index contributed by atoms with van der Waals surface area (Å²) in [5, 5.41) is 7.12. The zero-order valence-electron chi connectivity index (χ0n) is 10.4. The third kappa shape index (κ3) is 2.66. The zero-order valence-corrected chi connectivity index (χ0v) is 10.4. The van der Waals surface area contributed by atoms with E-state index in [1.165, 1.54) is 6.26 Å². The second kappa shape index (κ2) is 5.31. The lowest BCUT2D eigenvalue weighted by atomic mass is 10.1. The van der Waals surface area contributed by atoms with Crippen molar-refractivity contribution in [3.8, 4) is 0 Å². The highest BCUT2D eigenvalue weighted by Crippen LogP contribution is 2.13. The largest absolute Gasteiger partial charge is 0.364 e. The van der Waals surface area contributed by atoms with Crippen molar-refractivity contribution >= 4 is 5.91 Å². The van der Waals surface area contributed by atoms with Gasteiger partial charge in [-0.3, -0.25) is 4.79 Å². The van der Waals surface area contributed by atoms with Crippen LogP contribution in [-0.4, -0.2) is 42.1 Å². The maximum Gasteiger partial charge on any atom is 0.259 e. The SMILES string of the molecule is CCC1CNCCN(C(=O)c2conc2C)C1. The predicted octanol–water partition coefficient (Wildman–Crippen LogP) is 1.05. The van der Waals surface area contributed by atoms with Crippen LogP contribution in [0.2, 0.25) is 0 Å². The molecule has 5 nitrogen and oxygen atoms in total. The normalized spacial score (nSPS) is 21.3. The van der Waals surface area contributed by atoms with Crippen LogP contribution >= 0.6 is 0 Å². The first kappa shape index (κ1) is 12.1. The summed E-state index contributed by atoms with van der Waals surface area (Å²) in [5.41, 5.74) is 1.25. The van der Waals surface area contributed by atoms with Crippen LogP contribution in [-0.2, 0) is 0 Å². The maximum atomic E-state index is 12.3. The number of nitrogens with zero attached hydrogens (tertiary/aromatic N) is 2. The van der Waals surface area contributed by atoms with E-state index in [0.717, 1.165) is 32.6 Å². The molecule has 1 fully saturated rings. The van der Waals surface area contributed by atoms with Crippen molar-refractivity contribution in [1.82, 2.24) is 15.4 Å². The Balaban J connectivity index is 2.10. The molecule has 0 bridgehead atoms. The molecule has 1 saturated heterocycles. The van der Waals surface area contributed by atoms with Crippen LogP contribution in [0, 0.1) is 12.8 Å². The van der Waals surface area contributed by atoms with E-state index in [0.29, 0.717) is 17.2 Å². The number of rotatable bonds is 2. The van der Waals surface area contributed by atoms with Gasteiger partial charge < -0.3 is 14.7 Å². The number of hydrogen-bond donors (Lipinski definition) is 1. The van der Waals surface area contributed by atoms with Gasteiger partial charge >= 0.3 is 0 Å². The summed E-state index contributed by atoms with van der Waals surface area (Å²) in [6, 6.07) is 0. The van der Waals surface area contributed by atoms with E-state index in [-0.39, 0.29) is 5.91 Å². The van der Waals surface area contributed by atoms with Gasteiger partial charge in [0.1, 0.15) is 11.8 Å². The Labute approximate surface area is 101 Å². The first-order chi connectivity index (χ1) is 8.22. The lowest BCUT2D eigenvalue weighted by Gasteiger charge is -2.22. The number of carbonyl (C=O) groups is 1. The van der Waals surface area contributed by atoms with Gasteiger partial charge in [0.05, 0.1) is 5.69 Å². The molecule has 1 aliphatic rings. The Morgan fingerprint density at radius 2 is 2.53 bits per heavy atom. The lowest BCUT2D eigenvalue weighted by molar-refractivity contribution is 0.0745. The Hall–Kier alpha value is -1.36. The monoisotopic (exact) mass is 237 g/mol. The molecule has 1 aromatic heterocycles. The van der Waals surface area contributed by atoms with E-state index < -0.39 is 0 Å².